The minimum atomic E-state index is -0.973. The van der Waals surface area contributed by atoms with Crippen molar-refractivity contribution in [3.8, 4) is 0 Å². The third-order valence-corrected chi connectivity index (χ3v) is 6.97. The molecule has 0 radical (unpaired) electrons. The Hall–Kier alpha value is -2.59. The molecule has 162 valence electrons. The number of benzene rings is 1. The van der Waals surface area contributed by atoms with Gasteiger partial charge in [-0.2, -0.15) is 5.10 Å². The van der Waals surface area contributed by atoms with Crippen molar-refractivity contribution in [2.24, 2.45) is 0 Å². The molecule has 1 fully saturated rings. The molecule has 0 spiro atoms. The first kappa shape index (κ1) is 22.1. The van der Waals surface area contributed by atoms with E-state index in [0.29, 0.717) is 36.0 Å². The van der Waals surface area contributed by atoms with Crippen LogP contribution in [0.1, 0.15) is 36.2 Å². The van der Waals surface area contributed by atoms with Gasteiger partial charge in [-0.15, -0.1) is 0 Å². The molecule has 0 aliphatic carbocycles. The van der Waals surface area contributed by atoms with Crippen LogP contribution in [-0.4, -0.2) is 43.3 Å². The van der Waals surface area contributed by atoms with Gasteiger partial charge in [0.05, 0.1) is 11.5 Å². The van der Waals surface area contributed by atoms with Crippen LogP contribution in [0, 0.1) is 24.0 Å². The van der Waals surface area contributed by atoms with Gasteiger partial charge in [-0.3, -0.25) is 23.8 Å². The minimum absolute atomic E-state index is 0.0133. The van der Waals surface area contributed by atoms with Crippen LogP contribution < -0.4 is 5.32 Å². The van der Waals surface area contributed by atoms with Crippen molar-refractivity contribution >= 4 is 28.1 Å². The normalized spacial score (nSPS) is 15.7. The quantitative estimate of drug-likeness (QED) is 0.504. The number of hydrogen-bond acceptors (Lipinski definition) is 6. The zero-order valence-corrected chi connectivity index (χ0v) is 17.9. The summed E-state index contributed by atoms with van der Waals surface area (Å²) in [6, 6.07) is 7.36. The highest BCUT2D eigenvalue weighted by Crippen LogP contribution is 2.22. The summed E-state index contributed by atoms with van der Waals surface area (Å²) in [5, 5.41) is 18.2. The topological polar surface area (TPSA) is 116 Å². The molecule has 10 heteroatoms. The second-order valence-electron chi connectivity index (χ2n) is 7.34. The van der Waals surface area contributed by atoms with Crippen molar-refractivity contribution in [3.63, 3.8) is 0 Å². The van der Waals surface area contributed by atoms with E-state index in [-0.39, 0.29) is 29.8 Å². The van der Waals surface area contributed by atoms with E-state index in [2.05, 4.69) is 10.4 Å². The number of ether oxygens (including phenoxy) is 1. The van der Waals surface area contributed by atoms with E-state index < -0.39 is 15.7 Å². The number of nitrogens with zero attached hydrogens (tertiary/aromatic N) is 3. The maximum atomic E-state index is 12.6. The van der Waals surface area contributed by atoms with Gasteiger partial charge in [-0.25, -0.2) is 0 Å². The number of aryl methyl sites for hydroxylation is 2. The van der Waals surface area contributed by atoms with Crippen molar-refractivity contribution in [2.45, 2.75) is 50.7 Å². The van der Waals surface area contributed by atoms with Crippen molar-refractivity contribution in [2.75, 3.05) is 18.5 Å². The van der Waals surface area contributed by atoms with Crippen molar-refractivity contribution in [1.82, 2.24) is 9.78 Å². The van der Waals surface area contributed by atoms with Gasteiger partial charge >= 0.3 is 5.69 Å². The van der Waals surface area contributed by atoms with Crippen LogP contribution in [0.4, 0.5) is 11.4 Å². The number of hydrogen-bond donors (Lipinski definition) is 1. The van der Waals surface area contributed by atoms with E-state index in [1.165, 1.54) is 4.68 Å². The van der Waals surface area contributed by atoms with Crippen LogP contribution in [0.25, 0.3) is 0 Å². The van der Waals surface area contributed by atoms with Crippen molar-refractivity contribution in [3.05, 3.63) is 51.3 Å². The summed E-state index contributed by atoms with van der Waals surface area (Å²) in [6.45, 7) is 4.77. The van der Waals surface area contributed by atoms with Crippen LogP contribution in [0.5, 0.6) is 0 Å². The Balaban J connectivity index is 1.55. The van der Waals surface area contributed by atoms with Gasteiger partial charge in [0.1, 0.15) is 11.4 Å². The molecule has 2 heterocycles. The summed E-state index contributed by atoms with van der Waals surface area (Å²) in [4.78, 5) is 23.0. The van der Waals surface area contributed by atoms with E-state index in [4.69, 9.17) is 4.74 Å². The molecule has 1 amide bonds. The van der Waals surface area contributed by atoms with Crippen LogP contribution in [-0.2, 0) is 32.6 Å². The molecule has 3 rings (SSSR count). The highest BCUT2D eigenvalue weighted by atomic mass is 32.2. The molecular formula is C20H26N4O5S. The summed E-state index contributed by atoms with van der Waals surface area (Å²) in [5.41, 5.74) is 2.30. The van der Waals surface area contributed by atoms with Crippen LogP contribution in [0.3, 0.4) is 0 Å². The zero-order chi connectivity index (χ0) is 21.7. The Kier molecular flexibility index (Phi) is 7.33. The largest absolute Gasteiger partial charge is 0.381 e. The van der Waals surface area contributed by atoms with E-state index in [9.17, 15) is 19.1 Å². The smallest absolute Gasteiger partial charge is 0.312 e. The Morgan fingerprint density at radius 3 is 2.77 bits per heavy atom. The lowest BCUT2D eigenvalue weighted by atomic mass is 10.2. The number of anilines is 1. The molecule has 9 nitrogen and oxygen atoms in total. The Labute approximate surface area is 177 Å². The second kappa shape index (κ2) is 9.94. The van der Waals surface area contributed by atoms with Gasteiger partial charge in [-0.1, -0.05) is 12.1 Å². The first-order valence-electron chi connectivity index (χ1n) is 9.87. The molecular weight excluding hydrogens is 408 g/mol. The molecule has 1 saturated heterocycles. The minimum Gasteiger partial charge on any atom is -0.381 e. The molecule has 0 bridgehead atoms. The summed E-state index contributed by atoms with van der Waals surface area (Å²) in [6.07, 6.45) is 1.76. The lowest BCUT2D eigenvalue weighted by Crippen LogP contribution is -2.25. The first-order valence-corrected chi connectivity index (χ1v) is 11.3. The number of nitrogens with one attached hydrogen (secondary N) is 1. The Morgan fingerprint density at radius 1 is 1.37 bits per heavy atom. The summed E-state index contributed by atoms with van der Waals surface area (Å²) in [7, 11) is -0.973. The molecule has 2 aromatic rings. The van der Waals surface area contributed by atoms with E-state index in [1.54, 1.807) is 19.9 Å². The second-order valence-corrected chi connectivity index (χ2v) is 9.05. The van der Waals surface area contributed by atoms with Crippen LogP contribution in [0.2, 0.25) is 0 Å². The van der Waals surface area contributed by atoms with E-state index in [1.807, 2.05) is 18.2 Å². The number of amides is 1. The molecule has 1 aliphatic heterocycles. The highest BCUT2D eigenvalue weighted by molar-refractivity contribution is 7.84. The monoisotopic (exact) mass is 434 g/mol. The number of aromatic nitrogens is 2. The van der Waals surface area contributed by atoms with Crippen LogP contribution in [0.15, 0.2) is 24.3 Å². The molecule has 1 atom stereocenters. The standard InChI is InChI=1S/C20H26N4O5S/c1-14-20(24(26)27)15(2)23(22-14)9-6-19(25)21-17-5-3-4-16(12-17)13-30(28)18-7-10-29-11-8-18/h3-5,12,18H,6-11,13H2,1-2H3,(H,21,25). The molecule has 1 aromatic carbocycles. The fraction of sp³-hybridized carbons (Fsp3) is 0.500. The predicted octanol–water partition coefficient (Wildman–Crippen LogP) is 2.86. The Morgan fingerprint density at radius 2 is 2.10 bits per heavy atom. The van der Waals surface area contributed by atoms with Gasteiger partial charge < -0.3 is 10.1 Å². The van der Waals surface area contributed by atoms with Gasteiger partial charge in [0, 0.05) is 47.1 Å². The maximum Gasteiger partial charge on any atom is 0.312 e. The molecule has 1 N–H and O–H groups in total. The third kappa shape index (κ3) is 5.51. The third-order valence-electron chi connectivity index (χ3n) is 5.14. The van der Waals surface area contributed by atoms with Gasteiger partial charge in [0.15, 0.2) is 0 Å². The molecule has 1 aliphatic rings. The zero-order valence-electron chi connectivity index (χ0n) is 17.1. The van der Waals surface area contributed by atoms with Gasteiger partial charge in [0.2, 0.25) is 5.91 Å². The maximum absolute atomic E-state index is 12.6. The summed E-state index contributed by atoms with van der Waals surface area (Å²) < 4.78 is 19.4. The highest BCUT2D eigenvalue weighted by Gasteiger charge is 2.22. The van der Waals surface area contributed by atoms with Gasteiger partial charge in [-0.05, 0) is 44.4 Å². The molecule has 0 saturated carbocycles. The molecule has 1 aromatic heterocycles. The molecule has 1 unspecified atom stereocenters. The van der Waals surface area contributed by atoms with Crippen LogP contribution >= 0.6 is 0 Å². The first-order chi connectivity index (χ1) is 14.3. The summed E-state index contributed by atoms with van der Waals surface area (Å²) >= 11 is 0. The van der Waals surface area contributed by atoms with E-state index in [0.717, 1.165) is 18.4 Å². The lowest BCUT2D eigenvalue weighted by Gasteiger charge is -2.21. The average Bonchev–Trinajstić information content (AvgIpc) is 3.00. The Bertz CT molecular complexity index is 953. The van der Waals surface area contributed by atoms with Gasteiger partial charge in [0.25, 0.3) is 0 Å². The fourth-order valence-electron chi connectivity index (χ4n) is 3.56. The number of rotatable bonds is 8. The van der Waals surface area contributed by atoms with Crippen molar-refractivity contribution in [1.29, 1.82) is 0 Å². The number of carbonyl (C=O) groups excluding carboxylic acids is 1. The SMILES string of the molecule is Cc1nn(CCC(=O)Nc2cccc(CS(=O)C3CCOCC3)c2)c(C)c1[N+](=O)[O-]. The predicted molar refractivity (Wildman–Crippen MR) is 114 cm³/mol. The summed E-state index contributed by atoms with van der Waals surface area (Å²) in [5.74, 6) is 0.233. The number of carbonyl (C=O) groups is 1. The van der Waals surface area contributed by atoms with E-state index >= 15 is 0 Å². The number of nitro groups is 1. The lowest BCUT2D eigenvalue weighted by molar-refractivity contribution is -0.386. The molecule has 30 heavy (non-hydrogen) atoms. The average molecular weight is 435 g/mol. The van der Waals surface area contributed by atoms with Crippen molar-refractivity contribution < 1.29 is 18.7 Å². The fourth-order valence-corrected chi connectivity index (χ4v) is 5.02.